The molecule has 0 aliphatic carbocycles. The monoisotopic (exact) mass is 444 g/mol. The second-order valence-corrected chi connectivity index (χ2v) is 8.64. The van der Waals surface area contributed by atoms with Crippen molar-refractivity contribution in [1.29, 1.82) is 5.26 Å². The van der Waals surface area contributed by atoms with Crippen molar-refractivity contribution in [3.8, 4) is 11.8 Å². The number of ether oxygens (including phenoxy) is 2. The minimum absolute atomic E-state index is 0.0879. The average molecular weight is 445 g/mol. The van der Waals surface area contributed by atoms with Crippen molar-refractivity contribution in [3.05, 3.63) is 48.0 Å². The quantitative estimate of drug-likeness (QED) is 0.639. The van der Waals surface area contributed by atoms with Crippen molar-refractivity contribution in [2.75, 3.05) is 50.1 Å². The molecule has 0 atom stereocenters. The average Bonchev–Trinajstić information content (AvgIpc) is 2.79. The fourth-order valence-corrected chi connectivity index (χ4v) is 4.52. The molecule has 1 aliphatic rings. The van der Waals surface area contributed by atoms with E-state index < -0.39 is 10.0 Å². The highest BCUT2D eigenvalue weighted by atomic mass is 32.2. The highest BCUT2D eigenvalue weighted by molar-refractivity contribution is 7.89. The van der Waals surface area contributed by atoms with Crippen molar-refractivity contribution in [2.45, 2.75) is 11.8 Å². The normalized spacial score (nSPS) is 14.5. The molecule has 2 N–H and O–H groups in total. The molecule has 2 aromatic carbocycles. The number of rotatable bonds is 8. The molecular formula is C21H24N4O5S. The molecule has 0 bridgehead atoms. The summed E-state index contributed by atoms with van der Waals surface area (Å²) in [6.07, 6.45) is 0. The standard InChI is InChI=1S/C21H24N4O5S/c1-2-30-20-7-6-16(14-22)12-19(20)23-15-21(26)24-17-4-3-5-18(13-17)31(27,28)25-8-10-29-11-9-25/h3-7,12-13,23H,2,8-11,15H2,1H3,(H,24,26). The first-order valence-corrected chi connectivity index (χ1v) is 11.3. The van der Waals surface area contributed by atoms with Crippen LogP contribution in [0.3, 0.4) is 0 Å². The Morgan fingerprint density at radius 3 is 2.71 bits per heavy atom. The van der Waals surface area contributed by atoms with Crippen LogP contribution in [-0.4, -0.2) is 58.1 Å². The molecule has 0 spiro atoms. The molecular weight excluding hydrogens is 420 g/mol. The van der Waals surface area contributed by atoms with E-state index in [0.717, 1.165) is 0 Å². The van der Waals surface area contributed by atoms with E-state index in [-0.39, 0.29) is 17.3 Å². The van der Waals surface area contributed by atoms with E-state index in [2.05, 4.69) is 10.6 Å². The number of carbonyl (C=O) groups excluding carboxylic acids is 1. The molecule has 0 unspecified atom stereocenters. The summed E-state index contributed by atoms with van der Waals surface area (Å²) in [5.74, 6) is 0.165. The van der Waals surface area contributed by atoms with Gasteiger partial charge in [-0.15, -0.1) is 0 Å². The lowest BCUT2D eigenvalue weighted by Gasteiger charge is -2.26. The molecule has 0 aromatic heterocycles. The fourth-order valence-electron chi connectivity index (χ4n) is 3.07. The topological polar surface area (TPSA) is 121 Å². The van der Waals surface area contributed by atoms with Crippen LogP contribution in [0, 0.1) is 11.3 Å². The molecule has 0 radical (unpaired) electrons. The Bertz CT molecular complexity index is 1080. The van der Waals surface area contributed by atoms with E-state index in [4.69, 9.17) is 14.7 Å². The summed E-state index contributed by atoms with van der Waals surface area (Å²) >= 11 is 0. The minimum atomic E-state index is -3.66. The van der Waals surface area contributed by atoms with Crippen LogP contribution < -0.4 is 15.4 Å². The minimum Gasteiger partial charge on any atom is -0.492 e. The van der Waals surface area contributed by atoms with Crippen LogP contribution in [0.4, 0.5) is 11.4 Å². The summed E-state index contributed by atoms with van der Waals surface area (Å²) in [5, 5.41) is 14.7. The van der Waals surface area contributed by atoms with E-state index >= 15 is 0 Å². The van der Waals surface area contributed by atoms with Crippen LogP contribution in [0.15, 0.2) is 47.4 Å². The number of hydrogen-bond donors (Lipinski definition) is 2. The number of nitrogens with one attached hydrogen (secondary N) is 2. The Morgan fingerprint density at radius 1 is 1.23 bits per heavy atom. The summed E-state index contributed by atoms with van der Waals surface area (Å²) in [4.78, 5) is 12.5. The number of anilines is 2. The number of nitriles is 1. The van der Waals surface area contributed by atoms with Gasteiger partial charge in [0.05, 0.1) is 48.6 Å². The molecule has 1 amide bonds. The molecule has 1 fully saturated rings. The number of sulfonamides is 1. The summed E-state index contributed by atoms with van der Waals surface area (Å²) in [5.41, 5.74) is 1.34. The fraction of sp³-hybridized carbons (Fsp3) is 0.333. The van der Waals surface area contributed by atoms with Gasteiger partial charge in [0, 0.05) is 18.8 Å². The first kappa shape index (κ1) is 22.6. The van der Waals surface area contributed by atoms with Gasteiger partial charge in [0.25, 0.3) is 0 Å². The summed E-state index contributed by atoms with van der Waals surface area (Å²) < 4.78 is 37.7. The van der Waals surface area contributed by atoms with Crippen molar-refractivity contribution in [3.63, 3.8) is 0 Å². The van der Waals surface area contributed by atoms with E-state index in [1.54, 1.807) is 30.3 Å². The van der Waals surface area contributed by atoms with Gasteiger partial charge in [0.2, 0.25) is 15.9 Å². The number of benzene rings is 2. The Labute approximate surface area is 181 Å². The Kier molecular flexibility index (Phi) is 7.46. The molecule has 1 heterocycles. The lowest BCUT2D eigenvalue weighted by molar-refractivity contribution is -0.114. The second-order valence-electron chi connectivity index (χ2n) is 6.70. The zero-order chi connectivity index (χ0) is 22.3. The Morgan fingerprint density at radius 2 is 2.00 bits per heavy atom. The maximum Gasteiger partial charge on any atom is 0.243 e. The van der Waals surface area contributed by atoms with Crippen LogP contribution in [0.25, 0.3) is 0 Å². The maximum atomic E-state index is 12.8. The molecule has 9 nitrogen and oxygen atoms in total. The van der Waals surface area contributed by atoms with Gasteiger partial charge >= 0.3 is 0 Å². The van der Waals surface area contributed by atoms with Gasteiger partial charge in [-0.3, -0.25) is 4.79 Å². The van der Waals surface area contributed by atoms with Gasteiger partial charge in [-0.05, 0) is 43.3 Å². The molecule has 0 saturated carbocycles. The second kappa shape index (κ2) is 10.3. The van der Waals surface area contributed by atoms with Crippen LogP contribution in [-0.2, 0) is 19.6 Å². The number of nitrogens with zero attached hydrogens (tertiary/aromatic N) is 2. The van der Waals surface area contributed by atoms with Crippen molar-refractivity contribution in [1.82, 2.24) is 4.31 Å². The SMILES string of the molecule is CCOc1ccc(C#N)cc1NCC(=O)Nc1cccc(S(=O)(=O)N2CCOCC2)c1. The van der Waals surface area contributed by atoms with E-state index in [1.165, 1.54) is 16.4 Å². The van der Waals surface area contributed by atoms with Crippen molar-refractivity contribution in [2.24, 2.45) is 0 Å². The predicted octanol–water partition coefficient (Wildman–Crippen LogP) is 2.03. The van der Waals surface area contributed by atoms with E-state index in [9.17, 15) is 13.2 Å². The van der Waals surface area contributed by atoms with Gasteiger partial charge in [-0.25, -0.2) is 8.42 Å². The molecule has 3 rings (SSSR count). The van der Waals surface area contributed by atoms with Crippen LogP contribution in [0.5, 0.6) is 5.75 Å². The van der Waals surface area contributed by atoms with Crippen LogP contribution in [0.1, 0.15) is 12.5 Å². The van der Waals surface area contributed by atoms with Gasteiger partial charge < -0.3 is 20.1 Å². The zero-order valence-corrected chi connectivity index (χ0v) is 17.9. The smallest absolute Gasteiger partial charge is 0.243 e. The molecule has 1 saturated heterocycles. The lowest BCUT2D eigenvalue weighted by Crippen LogP contribution is -2.40. The summed E-state index contributed by atoms with van der Waals surface area (Å²) in [7, 11) is -3.66. The van der Waals surface area contributed by atoms with E-state index in [1.807, 2.05) is 13.0 Å². The Hall–Kier alpha value is -3.13. The van der Waals surface area contributed by atoms with Crippen molar-refractivity contribution >= 4 is 27.3 Å². The van der Waals surface area contributed by atoms with Gasteiger partial charge in [0.1, 0.15) is 5.75 Å². The van der Waals surface area contributed by atoms with E-state index in [0.29, 0.717) is 55.6 Å². The first-order chi connectivity index (χ1) is 14.9. The Balaban J connectivity index is 1.67. The zero-order valence-electron chi connectivity index (χ0n) is 17.1. The number of morpholine rings is 1. The van der Waals surface area contributed by atoms with Crippen LogP contribution >= 0.6 is 0 Å². The highest BCUT2D eigenvalue weighted by Gasteiger charge is 2.26. The molecule has 1 aliphatic heterocycles. The van der Waals surface area contributed by atoms with Crippen molar-refractivity contribution < 1.29 is 22.7 Å². The number of amides is 1. The van der Waals surface area contributed by atoms with Gasteiger partial charge in [0.15, 0.2) is 0 Å². The molecule has 10 heteroatoms. The maximum absolute atomic E-state index is 12.8. The molecule has 31 heavy (non-hydrogen) atoms. The third-order valence-corrected chi connectivity index (χ3v) is 6.47. The van der Waals surface area contributed by atoms with Crippen LogP contribution in [0.2, 0.25) is 0 Å². The number of carbonyl (C=O) groups is 1. The summed E-state index contributed by atoms with van der Waals surface area (Å²) in [6, 6.07) is 13.1. The van der Waals surface area contributed by atoms with Gasteiger partial charge in [-0.1, -0.05) is 6.07 Å². The largest absolute Gasteiger partial charge is 0.492 e. The van der Waals surface area contributed by atoms with Gasteiger partial charge in [-0.2, -0.15) is 9.57 Å². The highest BCUT2D eigenvalue weighted by Crippen LogP contribution is 2.26. The predicted molar refractivity (Wildman–Crippen MR) is 115 cm³/mol. The summed E-state index contributed by atoms with van der Waals surface area (Å²) in [6.45, 7) is 3.51. The molecule has 164 valence electrons. The molecule has 2 aromatic rings. The lowest BCUT2D eigenvalue weighted by atomic mass is 10.2. The third kappa shape index (κ3) is 5.73. The third-order valence-electron chi connectivity index (χ3n) is 4.57. The first-order valence-electron chi connectivity index (χ1n) is 9.82. The number of hydrogen-bond acceptors (Lipinski definition) is 7.